The van der Waals surface area contributed by atoms with Crippen LogP contribution in [0, 0.1) is 5.92 Å². The molecule has 1 fully saturated rings. The molecule has 1 saturated heterocycles. The molecule has 146 valence electrons. The number of hydrogen-bond acceptors (Lipinski definition) is 4. The zero-order valence-electron chi connectivity index (χ0n) is 16.2. The van der Waals surface area contributed by atoms with E-state index in [1.54, 1.807) is 0 Å². The van der Waals surface area contributed by atoms with Crippen molar-refractivity contribution in [2.45, 2.75) is 44.8 Å². The number of rotatable bonds is 6. The molecule has 3 heterocycles. The molecule has 0 bridgehead atoms. The lowest BCUT2D eigenvalue weighted by atomic mass is 9.87. The van der Waals surface area contributed by atoms with Gasteiger partial charge in [0, 0.05) is 45.2 Å². The molecule has 1 aromatic carbocycles. The summed E-state index contributed by atoms with van der Waals surface area (Å²) in [5.41, 5.74) is 1.39. The fourth-order valence-electron chi connectivity index (χ4n) is 4.81. The average Bonchev–Trinajstić information content (AvgIpc) is 3.09. The Hall–Kier alpha value is -1.69. The maximum Gasteiger partial charge on any atom is 0.126 e. The summed E-state index contributed by atoms with van der Waals surface area (Å²) in [6.45, 7) is 6.81. The van der Waals surface area contributed by atoms with Gasteiger partial charge in [0.15, 0.2) is 0 Å². The Balaban J connectivity index is 1.52. The molecule has 5 nitrogen and oxygen atoms in total. The first-order valence-corrected chi connectivity index (χ1v) is 10.5. The highest BCUT2D eigenvalue weighted by atomic mass is 16.3. The van der Waals surface area contributed by atoms with E-state index in [0.717, 1.165) is 45.7 Å². The zero-order chi connectivity index (χ0) is 18.5. The molecule has 4 rings (SSSR count). The summed E-state index contributed by atoms with van der Waals surface area (Å²) in [7, 11) is 0. The summed E-state index contributed by atoms with van der Waals surface area (Å²) in [5, 5.41) is 9.10. The molecule has 1 N–H and O–H groups in total. The van der Waals surface area contributed by atoms with Crippen molar-refractivity contribution >= 4 is 0 Å². The van der Waals surface area contributed by atoms with Crippen LogP contribution >= 0.6 is 0 Å². The monoisotopic (exact) mass is 368 g/mol. The lowest BCUT2D eigenvalue weighted by Gasteiger charge is -2.40. The number of fused-ring (bicyclic) bond motifs is 1. The van der Waals surface area contributed by atoms with Gasteiger partial charge >= 0.3 is 0 Å². The van der Waals surface area contributed by atoms with E-state index in [-0.39, 0.29) is 0 Å². The van der Waals surface area contributed by atoms with Crippen LogP contribution in [0.2, 0.25) is 0 Å². The van der Waals surface area contributed by atoms with Gasteiger partial charge in [0.2, 0.25) is 0 Å². The van der Waals surface area contributed by atoms with Crippen LogP contribution in [-0.2, 0) is 13.1 Å². The van der Waals surface area contributed by atoms with Crippen LogP contribution in [-0.4, -0.2) is 57.2 Å². The Morgan fingerprint density at radius 2 is 1.85 bits per heavy atom. The van der Waals surface area contributed by atoms with E-state index in [4.69, 9.17) is 10.1 Å². The van der Waals surface area contributed by atoms with Gasteiger partial charge in [0.25, 0.3) is 0 Å². The quantitative estimate of drug-likeness (QED) is 0.851. The van der Waals surface area contributed by atoms with Crippen LogP contribution in [0.5, 0.6) is 0 Å². The van der Waals surface area contributed by atoms with Gasteiger partial charge in [-0.1, -0.05) is 30.3 Å². The number of aliphatic hydroxyl groups excluding tert-OH is 1. The molecule has 1 aromatic heterocycles. The highest BCUT2D eigenvalue weighted by Crippen LogP contribution is 2.37. The molecule has 2 aliphatic rings. The van der Waals surface area contributed by atoms with E-state index < -0.39 is 0 Å². The number of aryl methyl sites for hydroxylation is 1. The van der Waals surface area contributed by atoms with Gasteiger partial charge in [-0.15, -0.1) is 0 Å². The third-order valence-corrected chi connectivity index (χ3v) is 6.19. The van der Waals surface area contributed by atoms with Gasteiger partial charge in [-0.3, -0.25) is 4.90 Å². The second-order valence-electron chi connectivity index (χ2n) is 7.99. The van der Waals surface area contributed by atoms with Crippen molar-refractivity contribution in [2.24, 2.45) is 5.92 Å². The number of aromatic nitrogens is 2. The Kier molecular flexibility index (Phi) is 6.22. The van der Waals surface area contributed by atoms with Crippen LogP contribution < -0.4 is 0 Å². The zero-order valence-corrected chi connectivity index (χ0v) is 16.2. The molecule has 0 amide bonds. The standard InChI is InChI=1S/C22H32N4O/c27-17-5-11-24-14-8-20(9-15-24)21-22-23-10-16-25(22)12-4-13-26(21)18-19-6-2-1-3-7-19/h1-3,6-7,10,16,20-21,27H,4-5,8-9,11-15,17-18H2. The second-order valence-corrected chi connectivity index (χ2v) is 7.99. The summed E-state index contributed by atoms with van der Waals surface area (Å²) in [4.78, 5) is 10.00. The number of nitrogens with zero attached hydrogens (tertiary/aromatic N) is 4. The highest BCUT2D eigenvalue weighted by molar-refractivity contribution is 5.16. The van der Waals surface area contributed by atoms with Crippen molar-refractivity contribution < 1.29 is 5.11 Å². The SMILES string of the molecule is OCCCN1CCC(C2c3nccn3CCCN2Cc2ccccc2)CC1. The first kappa shape index (κ1) is 18.7. The van der Waals surface area contributed by atoms with Crippen LogP contribution in [0.15, 0.2) is 42.7 Å². The molecule has 0 spiro atoms. The normalized spacial score (nSPS) is 22.5. The van der Waals surface area contributed by atoms with Crippen LogP contribution in [0.3, 0.4) is 0 Å². The molecule has 0 saturated carbocycles. The molecule has 0 aliphatic carbocycles. The molecule has 27 heavy (non-hydrogen) atoms. The molecule has 5 heteroatoms. The number of likely N-dealkylation sites (tertiary alicyclic amines) is 1. The minimum Gasteiger partial charge on any atom is -0.396 e. The molecule has 0 radical (unpaired) electrons. The maximum absolute atomic E-state index is 9.10. The number of piperidine rings is 1. The van der Waals surface area contributed by atoms with E-state index in [2.05, 4.69) is 50.9 Å². The van der Waals surface area contributed by atoms with E-state index >= 15 is 0 Å². The Morgan fingerprint density at radius 3 is 2.63 bits per heavy atom. The van der Waals surface area contributed by atoms with Crippen molar-refractivity contribution in [1.82, 2.24) is 19.4 Å². The number of imidazole rings is 1. The minimum absolute atomic E-state index is 0.296. The molecular weight excluding hydrogens is 336 g/mol. The van der Waals surface area contributed by atoms with Crippen LogP contribution in [0.4, 0.5) is 0 Å². The van der Waals surface area contributed by atoms with Gasteiger partial charge in [0.05, 0.1) is 6.04 Å². The predicted molar refractivity (Wildman–Crippen MR) is 107 cm³/mol. The maximum atomic E-state index is 9.10. The molecule has 1 atom stereocenters. The lowest BCUT2D eigenvalue weighted by Crippen LogP contribution is -2.41. The van der Waals surface area contributed by atoms with Gasteiger partial charge in [0.1, 0.15) is 5.82 Å². The van der Waals surface area contributed by atoms with Crippen molar-refractivity contribution in [1.29, 1.82) is 0 Å². The largest absolute Gasteiger partial charge is 0.396 e. The number of aliphatic hydroxyl groups is 1. The Bertz CT molecular complexity index is 693. The summed E-state index contributed by atoms with van der Waals surface area (Å²) < 4.78 is 2.38. The van der Waals surface area contributed by atoms with Gasteiger partial charge < -0.3 is 14.6 Å². The number of hydrogen-bond donors (Lipinski definition) is 1. The van der Waals surface area contributed by atoms with Gasteiger partial charge in [-0.2, -0.15) is 0 Å². The Labute approximate surface area is 162 Å². The first-order valence-electron chi connectivity index (χ1n) is 10.5. The topological polar surface area (TPSA) is 44.5 Å². The third kappa shape index (κ3) is 4.42. The van der Waals surface area contributed by atoms with E-state index in [0.29, 0.717) is 18.6 Å². The fourth-order valence-corrected chi connectivity index (χ4v) is 4.81. The van der Waals surface area contributed by atoms with Gasteiger partial charge in [-0.05, 0) is 50.3 Å². The summed E-state index contributed by atoms with van der Waals surface area (Å²) >= 11 is 0. The minimum atomic E-state index is 0.296. The summed E-state index contributed by atoms with van der Waals surface area (Å²) in [6, 6.07) is 11.3. The van der Waals surface area contributed by atoms with Crippen LogP contribution in [0.1, 0.15) is 43.1 Å². The lowest BCUT2D eigenvalue weighted by molar-refractivity contribution is 0.0771. The predicted octanol–water partition coefficient (Wildman–Crippen LogP) is 2.92. The molecule has 1 unspecified atom stereocenters. The summed E-state index contributed by atoms with van der Waals surface area (Å²) in [5.74, 6) is 1.91. The molecule has 2 aromatic rings. The second kappa shape index (κ2) is 9.00. The average molecular weight is 369 g/mol. The molecule has 2 aliphatic heterocycles. The van der Waals surface area contributed by atoms with Crippen LogP contribution in [0.25, 0.3) is 0 Å². The van der Waals surface area contributed by atoms with Crippen molar-refractivity contribution in [2.75, 3.05) is 32.8 Å². The Morgan fingerprint density at radius 1 is 1.04 bits per heavy atom. The van der Waals surface area contributed by atoms with Crippen molar-refractivity contribution in [3.05, 3.63) is 54.1 Å². The van der Waals surface area contributed by atoms with Crippen molar-refractivity contribution in [3.8, 4) is 0 Å². The smallest absolute Gasteiger partial charge is 0.126 e. The number of benzene rings is 1. The fraction of sp³-hybridized carbons (Fsp3) is 0.591. The van der Waals surface area contributed by atoms with E-state index in [1.807, 2.05) is 6.20 Å². The van der Waals surface area contributed by atoms with Gasteiger partial charge in [-0.25, -0.2) is 4.98 Å². The summed E-state index contributed by atoms with van der Waals surface area (Å²) in [6.07, 6.45) is 8.64. The third-order valence-electron chi connectivity index (χ3n) is 6.19. The first-order chi connectivity index (χ1) is 13.3. The highest BCUT2D eigenvalue weighted by Gasteiger charge is 2.35. The van der Waals surface area contributed by atoms with E-state index in [9.17, 15) is 0 Å². The molecular formula is C22H32N4O. The van der Waals surface area contributed by atoms with Crippen molar-refractivity contribution in [3.63, 3.8) is 0 Å². The van der Waals surface area contributed by atoms with E-state index in [1.165, 1.54) is 30.7 Å².